The minimum absolute atomic E-state index is 0.263. The molecule has 3 heterocycles. The number of rotatable bonds is 4. The average Bonchev–Trinajstić information content (AvgIpc) is 3.15. The number of aromatic nitrogens is 2. The van der Waals surface area contributed by atoms with Gasteiger partial charge in [-0.25, -0.2) is 9.97 Å². The normalized spacial score (nSPS) is 14.4. The number of hydrogen-bond donors (Lipinski definition) is 1. The molecule has 7 heteroatoms. The van der Waals surface area contributed by atoms with Gasteiger partial charge in [-0.05, 0) is 47.8 Å². The summed E-state index contributed by atoms with van der Waals surface area (Å²) in [6.07, 6.45) is 2.39. The molecule has 3 rings (SSSR count). The molecular formula is C15H17BrN4O2. The van der Waals surface area contributed by atoms with Crippen molar-refractivity contribution in [3.05, 3.63) is 40.1 Å². The first-order chi connectivity index (χ1) is 10.6. The van der Waals surface area contributed by atoms with Gasteiger partial charge in [-0.15, -0.1) is 0 Å². The van der Waals surface area contributed by atoms with Gasteiger partial charge in [0, 0.05) is 24.8 Å². The van der Waals surface area contributed by atoms with Gasteiger partial charge in [-0.3, -0.25) is 4.79 Å². The van der Waals surface area contributed by atoms with E-state index in [9.17, 15) is 4.79 Å². The van der Waals surface area contributed by atoms with E-state index in [2.05, 4.69) is 36.1 Å². The van der Waals surface area contributed by atoms with E-state index < -0.39 is 0 Å². The summed E-state index contributed by atoms with van der Waals surface area (Å²) >= 11 is 3.18. The Bertz CT molecular complexity index is 680. The molecule has 0 aromatic carbocycles. The summed E-state index contributed by atoms with van der Waals surface area (Å²) in [4.78, 5) is 23.1. The number of nitrogens with one attached hydrogen (secondary N) is 1. The van der Waals surface area contributed by atoms with E-state index in [1.165, 1.54) is 12.8 Å². The minimum Gasteiger partial charge on any atom is -0.444 e. The Morgan fingerprint density at radius 2 is 2.14 bits per heavy atom. The molecule has 2 aromatic heterocycles. The SMILES string of the molecule is Cc1cc(N2CCCC2)nc(CNC(=O)c2ccc(Br)o2)n1. The lowest BCUT2D eigenvalue weighted by atomic mass is 10.3. The van der Waals surface area contributed by atoms with Crippen LogP contribution in [-0.4, -0.2) is 29.0 Å². The maximum atomic E-state index is 12.0. The smallest absolute Gasteiger partial charge is 0.287 e. The van der Waals surface area contributed by atoms with E-state index in [1.54, 1.807) is 12.1 Å². The molecule has 1 aliphatic rings. The fourth-order valence-electron chi connectivity index (χ4n) is 2.48. The Kier molecular flexibility index (Phi) is 4.42. The van der Waals surface area contributed by atoms with Gasteiger partial charge in [-0.1, -0.05) is 0 Å². The van der Waals surface area contributed by atoms with Crippen molar-refractivity contribution in [3.63, 3.8) is 0 Å². The number of anilines is 1. The fraction of sp³-hybridized carbons (Fsp3) is 0.400. The van der Waals surface area contributed by atoms with Crippen LogP contribution in [0, 0.1) is 6.92 Å². The third-order valence-corrected chi connectivity index (χ3v) is 3.95. The van der Waals surface area contributed by atoms with Crippen molar-refractivity contribution in [2.75, 3.05) is 18.0 Å². The molecule has 1 aliphatic heterocycles. The third-order valence-electron chi connectivity index (χ3n) is 3.52. The summed E-state index contributed by atoms with van der Waals surface area (Å²) in [5, 5.41) is 2.78. The zero-order valence-corrected chi connectivity index (χ0v) is 13.9. The van der Waals surface area contributed by atoms with E-state index in [1.807, 2.05) is 13.0 Å². The number of carbonyl (C=O) groups is 1. The topological polar surface area (TPSA) is 71.3 Å². The van der Waals surface area contributed by atoms with Crippen LogP contribution >= 0.6 is 15.9 Å². The molecular weight excluding hydrogens is 348 g/mol. The van der Waals surface area contributed by atoms with Crippen LogP contribution in [-0.2, 0) is 6.54 Å². The number of nitrogens with zero attached hydrogens (tertiary/aromatic N) is 3. The fourth-order valence-corrected chi connectivity index (χ4v) is 2.79. The van der Waals surface area contributed by atoms with E-state index in [4.69, 9.17) is 4.42 Å². The average molecular weight is 365 g/mol. The molecule has 0 aliphatic carbocycles. The maximum absolute atomic E-state index is 12.0. The molecule has 1 fully saturated rings. The van der Waals surface area contributed by atoms with Gasteiger partial charge in [0.05, 0.1) is 6.54 Å². The van der Waals surface area contributed by atoms with Gasteiger partial charge in [0.1, 0.15) is 11.6 Å². The van der Waals surface area contributed by atoms with Crippen LogP contribution in [0.2, 0.25) is 0 Å². The summed E-state index contributed by atoms with van der Waals surface area (Å²) in [6, 6.07) is 5.29. The molecule has 0 spiro atoms. The molecule has 1 N–H and O–H groups in total. The number of amides is 1. The van der Waals surface area contributed by atoms with Crippen LogP contribution in [0.25, 0.3) is 0 Å². The quantitative estimate of drug-likeness (QED) is 0.902. The highest BCUT2D eigenvalue weighted by molar-refractivity contribution is 9.10. The van der Waals surface area contributed by atoms with Crippen molar-refractivity contribution >= 4 is 27.7 Å². The molecule has 0 radical (unpaired) electrons. The highest BCUT2D eigenvalue weighted by atomic mass is 79.9. The Morgan fingerprint density at radius 3 is 2.82 bits per heavy atom. The Hall–Kier alpha value is -1.89. The number of hydrogen-bond acceptors (Lipinski definition) is 5. The monoisotopic (exact) mass is 364 g/mol. The predicted octanol–water partition coefficient (Wildman–Crippen LogP) is 2.67. The number of aryl methyl sites for hydroxylation is 1. The van der Waals surface area contributed by atoms with Gasteiger partial charge in [0.15, 0.2) is 10.4 Å². The summed E-state index contributed by atoms with van der Waals surface area (Å²) < 4.78 is 5.75. The van der Waals surface area contributed by atoms with Crippen molar-refractivity contribution in [1.82, 2.24) is 15.3 Å². The second kappa shape index (κ2) is 6.48. The first kappa shape index (κ1) is 15.0. The van der Waals surface area contributed by atoms with Crippen molar-refractivity contribution in [1.29, 1.82) is 0 Å². The number of furan rings is 1. The molecule has 0 saturated carbocycles. The summed E-state index contributed by atoms with van der Waals surface area (Å²) in [5.74, 6) is 1.54. The van der Waals surface area contributed by atoms with Gasteiger partial charge < -0.3 is 14.6 Å². The highest BCUT2D eigenvalue weighted by Crippen LogP contribution is 2.18. The Labute approximate surface area is 137 Å². The van der Waals surface area contributed by atoms with Gasteiger partial charge in [0.2, 0.25) is 0 Å². The van der Waals surface area contributed by atoms with Crippen molar-refractivity contribution in [2.45, 2.75) is 26.3 Å². The van der Waals surface area contributed by atoms with Crippen LogP contribution < -0.4 is 10.2 Å². The van der Waals surface area contributed by atoms with E-state index in [-0.39, 0.29) is 18.2 Å². The molecule has 0 bridgehead atoms. The largest absolute Gasteiger partial charge is 0.444 e. The van der Waals surface area contributed by atoms with Crippen LogP contribution in [0.1, 0.15) is 34.9 Å². The van der Waals surface area contributed by atoms with Gasteiger partial charge in [-0.2, -0.15) is 0 Å². The Morgan fingerprint density at radius 1 is 1.36 bits per heavy atom. The molecule has 0 atom stereocenters. The lowest BCUT2D eigenvalue weighted by Crippen LogP contribution is -2.25. The highest BCUT2D eigenvalue weighted by Gasteiger charge is 2.16. The zero-order chi connectivity index (χ0) is 15.5. The van der Waals surface area contributed by atoms with Crippen LogP contribution in [0.5, 0.6) is 0 Å². The lowest BCUT2D eigenvalue weighted by molar-refractivity contribution is 0.0921. The number of halogens is 1. The van der Waals surface area contributed by atoms with E-state index in [0.29, 0.717) is 10.5 Å². The molecule has 22 heavy (non-hydrogen) atoms. The van der Waals surface area contributed by atoms with E-state index >= 15 is 0 Å². The molecule has 116 valence electrons. The predicted molar refractivity (Wildman–Crippen MR) is 85.8 cm³/mol. The van der Waals surface area contributed by atoms with Crippen molar-refractivity contribution < 1.29 is 9.21 Å². The minimum atomic E-state index is -0.279. The van der Waals surface area contributed by atoms with Crippen molar-refractivity contribution in [3.8, 4) is 0 Å². The molecule has 1 amide bonds. The maximum Gasteiger partial charge on any atom is 0.287 e. The molecule has 2 aromatic rings. The first-order valence-electron chi connectivity index (χ1n) is 7.25. The molecule has 0 unspecified atom stereocenters. The van der Waals surface area contributed by atoms with Crippen molar-refractivity contribution in [2.24, 2.45) is 0 Å². The standard InChI is InChI=1S/C15H17BrN4O2/c1-10-8-14(20-6-2-3-7-20)19-13(18-10)9-17-15(21)11-4-5-12(16)22-11/h4-5,8H,2-3,6-7,9H2,1H3,(H,17,21). The molecule has 1 saturated heterocycles. The molecule has 6 nitrogen and oxygen atoms in total. The Balaban J connectivity index is 1.68. The number of carbonyl (C=O) groups excluding carboxylic acids is 1. The first-order valence-corrected chi connectivity index (χ1v) is 8.04. The third kappa shape index (κ3) is 3.47. The van der Waals surface area contributed by atoms with Gasteiger partial charge in [0.25, 0.3) is 5.91 Å². The zero-order valence-electron chi connectivity index (χ0n) is 12.3. The second-order valence-corrected chi connectivity index (χ2v) is 6.05. The van der Waals surface area contributed by atoms with Crippen LogP contribution in [0.3, 0.4) is 0 Å². The lowest BCUT2D eigenvalue weighted by Gasteiger charge is -2.17. The second-order valence-electron chi connectivity index (χ2n) is 5.26. The van der Waals surface area contributed by atoms with Crippen LogP contribution in [0.4, 0.5) is 5.82 Å². The summed E-state index contributed by atoms with van der Waals surface area (Å²) in [6.45, 7) is 4.28. The van der Waals surface area contributed by atoms with Crippen LogP contribution in [0.15, 0.2) is 27.3 Å². The van der Waals surface area contributed by atoms with Gasteiger partial charge >= 0.3 is 0 Å². The van der Waals surface area contributed by atoms with E-state index in [0.717, 1.165) is 24.6 Å². The summed E-state index contributed by atoms with van der Waals surface area (Å²) in [5.41, 5.74) is 0.905. The summed E-state index contributed by atoms with van der Waals surface area (Å²) in [7, 11) is 0.